The average molecular weight is 215 g/mol. The number of aromatic amines is 1. The first-order valence-corrected chi connectivity index (χ1v) is 5.67. The van der Waals surface area contributed by atoms with Crippen LogP contribution in [0.1, 0.15) is 19.0 Å². The Hall–Kier alpha value is -1.77. The van der Waals surface area contributed by atoms with Crippen LogP contribution in [0.2, 0.25) is 0 Å². The summed E-state index contributed by atoms with van der Waals surface area (Å²) >= 11 is 0. The van der Waals surface area contributed by atoms with Crippen LogP contribution in [-0.2, 0) is 0 Å². The van der Waals surface area contributed by atoms with Crippen molar-refractivity contribution in [2.45, 2.75) is 20.3 Å². The lowest BCUT2D eigenvalue weighted by atomic mass is 10.1. The van der Waals surface area contributed by atoms with Crippen molar-refractivity contribution in [3.63, 3.8) is 0 Å². The zero-order valence-corrected chi connectivity index (χ0v) is 9.75. The number of nitrogens with zero attached hydrogens (tertiary/aromatic N) is 1. The Labute approximate surface area is 95.9 Å². The largest absolute Gasteiger partial charge is 0.368 e. The minimum absolute atomic E-state index is 0.949. The maximum absolute atomic E-state index is 4.29. The van der Waals surface area contributed by atoms with Crippen LogP contribution < -0.4 is 5.32 Å². The van der Waals surface area contributed by atoms with Crippen molar-refractivity contribution in [2.75, 3.05) is 11.9 Å². The SMILES string of the molecule is CCCNc1n[nH]c(C)c1-c1ccccc1. The molecule has 0 bridgehead atoms. The van der Waals surface area contributed by atoms with E-state index in [-0.39, 0.29) is 0 Å². The summed E-state index contributed by atoms with van der Waals surface area (Å²) in [5.41, 5.74) is 3.48. The fraction of sp³-hybridized carbons (Fsp3) is 0.308. The average Bonchev–Trinajstić information content (AvgIpc) is 2.69. The molecule has 2 aromatic rings. The normalized spacial score (nSPS) is 10.4. The summed E-state index contributed by atoms with van der Waals surface area (Å²) in [5, 5.41) is 10.7. The summed E-state index contributed by atoms with van der Waals surface area (Å²) < 4.78 is 0. The molecule has 0 spiro atoms. The number of aryl methyl sites for hydroxylation is 1. The fourth-order valence-electron chi connectivity index (χ4n) is 1.76. The molecule has 1 aromatic carbocycles. The van der Waals surface area contributed by atoms with E-state index in [0.717, 1.165) is 24.5 Å². The van der Waals surface area contributed by atoms with E-state index in [9.17, 15) is 0 Å². The van der Waals surface area contributed by atoms with E-state index in [0.29, 0.717) is 0 Å². The van der Waals surface area contributed by atoms with Gasteiger partial charge in [-0.05, 0) is 18.9 Å². The molecule has 0 atom stereocenters. The molecule has 3 nitrogen and oxygen atoms in total. The van der Waals surface area contributed by atoms with Crippen LogP contribution in [0.15, 0.2) is 30.3 Å². The van der Waals surface area contributed by atoms with Gasteiger partial charge in [0.05, 0.1) is 0 Å². The molecule has 0 aliphatic carbocycles. The van der Waals surface area contributed by atoms with Crippen molar-refractivity contribution >= 4 is 5.82 Å². The second-order valence-electron chi connectivity index (χ2n) is 3.87. The quantitative estimate of drug-likeness (QED) is 0.822. The molecule has 0 amide bonds. The monoisotopic (exact) mass is 215 g/mol. The number of nitrogens with one attached hydrogen (secondary N) is 2. The van der Waals surface area contributed by atoms with Crippen LogP contribution in [-0.4, -0.2) is 16.7 Å². The summed E-state index contributed by atoms with van der Waals surface area (Å²) in [6.07, 6.45) is 1.10. The van der Waals surface area contributed by atoms with E-state index in [1.807, 2.05) is 25.1 Å². The van der Waals surface area contributed by atoms with Crippen molar-refractivity contribution in [3.8, 4) is 11.1 Å². The zero-order valence-electron chi connectivity index (χ0n) is 9.75. The van der Waals surface area contributed by atoms with Crippen LogP contribution >= 0.6 is 0 Å². The first-order valence-electron chi connectivity index (χ1n) is 5.67. The molecule has 0 unspecified atom stereocenters. The van der Waals surface area contributed by atoms with Gasteiger partial charge in [0.2, 0.25) is 0 Å². The molecule has 16 heavy (non-hydrogen) atoms. The summed E-state index contributed by atoms with van der Waals surface area (Å²) in [7, 11) is 0. The smallest absolute Gasteiger partial charge is 0.155 e. The molecule has 0 fully saturated rings. The van der Waals surface area contributed by atoms with Gasteiger partial charge in [-0.3, -0.25) is 5.10 Å². The van der Waals surface area contributed by atoms with Crippen LogP contribution in [0.3, 0.4) is 0 Å². The van der Waals surface area contributed by atoms with Crippen LogP contribution in [0, 0.1) is 6.92 Å². The predicted molar refractivity (Wildman–Crippen MR) is 67.5 cm³/mol. The lowest BCUT2D eigenvalue weighted by Crippen LogP contribution is -2.01. The van der Waals surface area contributed by atoms with Gasteiger partial charge in [-0.2, -0.15) is 5.10 Å². The van der Waals surface area contributed by atoms with Crippen LogP contribution in [0.4, 0.5) is 5.82 Å². The second kappa shape index (κ2) is 4.84. The number of benzene rings is 1. The topological polar surface area (TPSA) is 40.7 Å². The van der Waals surface area contributed by atoms with Crippen molar-refractivity contribution in [2.24, 2.45) is 0 Å². The third-order valence-corrected chi connectivity index (χ3v) is 2.55. The van der Waals surface area contributed by atoms with Gasteiger partial charge in [0.15, 0.2) is 5.82 Å². The molecule has 1 heterocycles. The fourth-order valence-corrected chi connectivity index (χ4v) is 1.76. The summed E-state index contributed by atoms with van der Waals surface area (Å²) in [6, 6.07) is 10.3. The van der Waals surface area contributed by atoms with Gasteiger partial charge in [0, 0.05) is 17.8 Å². The Morgan fingerprint density at radius 2 is 2.00 bits per heavy atom. The number of hydrogen-bond donors (Lipinski definition) is 2. The highest BCUT2D eigenvalue weighted by atomic mass is 15.2. The molecule has 2 rings (SSSR count). The van der Waals surface area contributed by atoms with E-state index in [1.165, 1.54) is 11.1 Å². The molecule has 1 aromatic heterocycles. The number of rotatable bonds is 4. The lowest BCUT2D eigenvalue weighted by molar-refractivity contribution is 0.958. The molecule has 0 radical (unpaired) electrons. The molecule has 0 aliphatic rings. The summed E-state index contributed by atoms with van der Waals surface area (Å²) in [5.74, 6) is 0.950. The molecule has 2 N–H and O–H groups in total. The number of anilines is 1. The van der Waals surface area contributed by atoms with Gasteiger partial charge in [-0.15, -0.1) is 0 Å². The Morgan fingerprint density at radius 3 is 2.69 bits per heavy atom. The first kappa shape index (κ1) is 10.7. The zero-order chi connectivity index (χ0) is 11.4. The molecule has 3 heteroatoms. The van der Waals surface area contributed by atoms with Gasteiger partial charge in [0.25, 0.3) is 0 Å². The van der Waals surface area contributed by atoms with E-state index in [4.69, 9.17) is 0 Å². The van der Waals surface area contributed by atoms with Gasteiger partial charge in [-0.1, -0.05) is 37.3 Å². The Kier molecular flexibility index (Phi) is 3.25. The standard InChI is InChI=1S/C13H17N3/c1-3-9-14-13-12(10(2)15-16-13)11-7-5-4-6-8-11/h4-8H,3,9H2,1-2H3,(H2,14,15,16). The molecular weight excluding hydrogens is 198 g/mol. The lowest BCUT2D eigenvalue weighted by Gasteiger charge is -2.05. The molecule has 84 valence electrons. The molecule has 0 saturated carbocycles. The highest BCUT2D eigenvalue weighted by Crippen LogP contribution is 2.28. The number of hydrogen-bond acceptors (Lipinski definition) is 2. The van der Waals surface area contributed by atoms with Crippen molar-refractivity contribution in [1.82, 2.24) is 10.2 Å². The van der Waals surface area contributed by atoms with Crippen molar-refractivity contribution < 1.29 is 0 Å². The predicted octanol–water partition coefficient (Wildman–Crippen LogP) is 3.21. The summed E-state index contributed by atoms with van der Waals surface area (Å²) in [4.78, 5) is 0. The van der Waals surface area contributed by atoms with E-state index < -0.39 is 0 Å². The maximum atomic E-state index is 4.29. The minimum Gasteiger partial charge on any atom is -0.368 e. The first-order chi connectivity index (χ1) is 7.83. The van der Waals surface area contributed by atoms with E-state index in [2.05, 4.69) is 34.6 Å². The van der Waals surface area contributed by atoms with Gasteiger partial charge in [-0.25, -0.2) is 0 Å². The maximum Gasteiger partial charge on any atom is 0.155 e. The van der Waals surface area contributed by atoms with E-state index >= 15 is 0 Å². The van der Waals surface area contributed by atoms with Crippen LogP contribution in [0.5, 0.6) is 0 Å². The van der Waals surface area contributed by atoms with Gasteiger partial charge in [0.1, 0.15) is 0 Å². The molecule has 0 aliphatic heterocycles. The highest BCUT2D eigenvalue weighted by Gasteiger charge is 2.10. The summed E-state index contributed by atoms with van der Waals surface area (Å²) in [6.45, 7) is 5.14. The Morgan fingerprint density at radius 1 is 1.25 bits per heavy atom. The molecular formula is C13H17N3. The number of aromatic nitrogens is 2. The minimum atomic E-state index is 0.949. The highest BCUT2D eigenvalue weighted by molar-refractivity contribution is 5.77. The third kappa shape index (κ3) is 2.08. The Balaban J connectivity index is 2.35. The van der Waals surface area contributed by atoms with E-state index in [1.54, 1.807) is 0 Å². The third-order valence-electron chi connectivity index (χ3n) is 2.55. The van der Waals surface area contributed by atoms with Crippen LogP contribution in [0.25, 0.3) is 11.1 Å². The molecule has 0 saturated heterocycles. The Bertz CT molecular complexity index is 445. The van der Waals surface area contributed by atoms with Crippen molar-refractivity contribution in [3.05, 3.63) is 36.0 Å². The number of H-pyrrole nitrogens is 1. The second-order valence-corrected chi connectivity index (χ2v) is 3.87. The van der Waals surface area contributed by atoms with Crippen molar-refractivity contribution in [1.29, 1.82) is 0 Å². The van der Waals surface area contributed by atoms with Gasteiger partial charge < -0.3 is 5.32 Å². The van der Waals surface area contributed by atoms with Gasteiger partial charge >= 0.3 is 0 Å².